The van der Waals surface area contributed by atoms with Crippen LogP contribution in [0.2, 0.25) is 5.02 Å². The summed E-state index contributed by atoms with van der Waals surface area (Å²) in [6.07, 6.45) is 1.61. The first-order chi connectivity index (χ1) is 12.0. The van der Waals surface area contributed by atoms with Crippen molar-refractivity contribution in [2.45, 2.75) is 0 Å². The van der Waals surface area contributed by atoms with E-state index in [-0.39, 0.29) is 5.91 Å². The number of hydrogen-bond donors (Lipinski definition) is 0. The maximum atomic E-state index is 12.2. The van der Waals surface area contributed by atoms with Crippen LogP contribution in [0.5, 0.6) is 0 Å². The number of fused-ring (bicyclic) bond motifs is 1. The van der Waals surface area contributed by atoms with Crippen molar-refractivity contribution in [3.63, 3.8) is 0 Å². The Hall–Kier alpha value is -2.36. The molecule has 1 aliphatic rings. The molecular formula is C18H20ClN5O. The molecule has 2 aromatic rings. The first kappa shape index (κ1) is 17.5. The summed E-state index contributed by atoms with van der Waals surface area (Å²) in [5, 5.41) is 11.0. The van der Waals surface area contributed by atoms with Gasteiger partial charge < -0.3 is 14.7 Å². The predicted molar refractivity (Wildman–Crippen MR) is 98.8 cm³/mol. The summed E-state index contributed by atoms with van der Waals surface area (Å²) >= 11 is 6.15. The number of carbonyl (C=O) groups is 1. The van der Waals surface area contributed by atoms with Gasteiger partial charge in [-0.2, -0.15) is 5.26 Å². The summed E-state index contributed by atoms with van der Waals surface area (Å²) in [4.78, 5) is 22.5. The topological polar surface area (TPSA) is 63.5 Å². The van der Waals surface area contributed by atoms with Crippen molar-refractivity contribution in [3.8, 4) is 6.07 Å². The minimum Gasteiger partial charge on any atom is -0.366 e. The lowest BCUT2D eigenvalue weighted by molar-refractivity contribution is -0.132. The van der Waals surface area contributed by atoms with Gasteiger partial charge in [0.05, 0.1) is 23.3 Å². The number of amides is 1. The van der Waals surface area contributed by atoms with Gasteiger partial charge in [-0.05, 0) is 32.3 Å². The fourth-order valence-electron chi connectivity index (χ4n) is 3.12. The van der Waals surface area contributed by atoms with E-state index in [1.165, 1.54) is 0 Å². The molecule has 0 unspecified atom stereocenters. The molecule has 6 nitrogen and oxygen atoms in total. The van der Waals surface area contributed by atoms with Gasteiger partial charge in [-0.25, -0.2) is 0 Å². The lowest BCUT2D eigenvalue weighted by Gasteiger charge is -2.37. The van der Waals surface area contributed by atoms with E-state index in [0.29, 0.717) is 43.3 Å². The van der Waals surface area contributed by atoms with E-state index in [1.807, 2.05) is 36.0 Å². The van der Waals surface area contributed by atoms with Crippen LogP contribution in [-0.2, 0) is 4.79 Å². The van der Waals surface area contributed by atoms with Gasteiger partial charge in [-0.3, -0.25) is 9.78 Å². The van der Waals surface area contributed by atoms with Gasteiger partial charge in [-0.1, -0.05) is 11.6 Å². The quantitative estimate of drug-likeness (QED) is 0.840. The zero-order chi connectivity index (χ0) is 18.0. The van der Waals surface area contributed by atoms with Crippen molar-refractivity contribution >= 4 is 34.1 Å². The standard InChI is InChI=1S/C18H20ClN5O/c1-22(2)12-17(25)23-5-7-24(8-6-23)18-13(10-20)11-21-16-4-3-14(19)9-15(16)18/h3-4,9,11H,5-8,12H2,1-2H3. The number of halogens is 1. The number of aromatic nitrogens is 1. The van der Waals surface area contributed by atoms with Crippen molar-refractivity contribution in [2.24, 2.45) is 0 Å². The molecule has 0 bridgehead atoms. The van der Waals surface area contributed by atoms with Crippen molar-refractivity contribution in [1.29, 1.82) is 5.26 Å². The number of anilines is 1. The van der Waals surface area contributed by atoms with Crippen LogP contribution in [0.1, 0.15) is 5.56 Å². The monoisotopic (exact) mass is 357 g/mol. The molecule has 130 valence electrons. The molecule has 0 aliphatic carbocycles. The molecule has 0 N–H and O–H groups in total. The lowest BCUT2D eigenvalue weighted by atomic mass is 10.1. The summed E-state index contributed by atoms with van der Waals surface area (Å²) in [7, 11) is 3.78. The fourth-order valence-corrected chi connectivity index (χ4v) is 3.30. The second-order valence-corrected chi connectivity index (χ2v) is 6.84. The van der Waals surface area contributed by atoms with Gasteiger partial charge in [0.15, 0.2) is 0 Å². The highest BCUT2D eigenvalue weighted by molar-refractivity contribution is 6.31. The average molecular weight is 358 g/mol. The molecule has 7 heteroatoms. The van der Waals surface area contributed by atoms with Crippen molar-refractivity contribution in [1.82, 2.24) is 14.8 Å². The SMILES string of the molecule is CN(C)CC(=O)N1CCN(c2c(C#N)cnc3ccc(Cl)cc23)CC1. The van der Waals surface area contributed by atoms with Gasteiger partial charge in [0, 0.05) is 42.8 Å². The third-order valence-electron chi connectivity index (χ3n) is 4.32. The summed E-state index contributed by atoms with van der Waals surface area (Å²) in [6.45, 7) is 3.06. The molecule has 0 spiro atoms. The van der Waals surface area contributed by atoms with Gasteiger partial charge in [-0.15, -0.1) is 0 Å². The number of benzene rings is 1. The molecule has 3 rings (SSSR count). The molecule has 1 fully saturated rings. The third-order valence-corrected chi connectivity index (χ3v) is 4.56. The fraction of sp³-hybridized carbons (Fsp3) is 0.389. The van der Waals surface area contributed by atoms with E-state index in [2.05, 4.69) is 16.0 Å². The molecule has 2 heterocycles. The van der Waals surface area contributed by atoms with E-state index in [0.717, 1.165) is 16.6 Å². The zero-order valence-corrected chi connectivity index (χ0v) is 15.1. The molecule has 1 saturated heterocycles. The number of nitriles is 1. The van der Waals surface area contributed by atoms with Gasteiger partial charge in [0.1, 0.15) is 6.07 Å². The predicted octanol–water partition coefficient (Wildman–Crippen LogP) is 1.97. The Kier molecular flexibility index (Phi) is 5.07. The Bertz CT molecular complexity index is 837. The van der Waals surface area contributed by atoms with Gasteiger partial charge in [0.25, 0.3) is 0 Å². The van der Waals surface area contributed by atoms with Crippen LogP contribution in [0.3, 0.4) is 0 Å². The van der Waals surface area contributed by atoms with E-state index in [1.54, 1.807) is 12.3 Å². The van der Waals surface area contributed by atoms with Crippen LogP contribution in [0, 0.1) is 11.3 Å². The molecular weight excluding hydrogens is 338 g/mol. The lowest BCUT2D eigenvalue weighted by Crippen LogP contribution is -2.51. The van der Waals surface area contributed by atoms with E-state index >= 15 is 0 Å². The van der Waals surface area contributed by atoms with Crippen molar-refractivity contribution in [3.05, 3.63) is 35.0 Å². The van der Waals surface area contributed by atoms with Crippen LogP contribution < -0.4 is 4.90 Å². The Morgan fingerprint density at radius 1 is 1.32 bits per heavy atom. The molecule has 1 aromatic carbocycles. The van der Waals surface area contributed by atoms with Crippen LogP contribution >= 0.6 is 11.6 Å². The highest BCUT2D eigenvalue weighted by Gasteiger charge is 2.24. The largest absolute Gasteiger partial charge is 0.366 e. The Labute approximate surface area is 152 Å². The van der Waals surface area contributed by atoms with Crippen LogP contribution in [0.4, 0.5) is 5.69 Å². The minimum absolute atomic E-state index is 0.132. The van der Waals surface area contributed by atoms with E-state index < -0.39 is 0 Å². The molecule has 0 radical (unpaired) electrons. The number of nitrogens with zero attached hydrogens (tertiary/aromatic N) is 5. The molecule has 1 amide bonds. The first-order valence-corrected chi connectivity index (χ1v) is 8.53. The number of rotatable bonds is 3. The van der Waals surface area contributed by atoms with E-state index in [9.17, 15) is 10.1 Å². The highest BCUT2D eigenvalue weighted by atomic mass is 35.5. The van der Waals surface area contributed by atoms with Crippen LogP contribution in [-0.4, -0.2) is 67.5 Å². The smallest absolute Gasteiger partial charge is 0.236 e. The van der Waals surface area contributed by atoms with Gasteiger partial charge in [0.2, 0.25) is 5.91 Å². The normalized spacial score (nSPS) is 14.8. The first-order valence-electron chi connectivity index (χ1n) is 8.15. The average Bonchev–Trinajstić information content (AvgIpc) is 2.60. The van der Waals surface area contributed by atoms with E-state index in [4.69, 9.17) is 11.6 Å². The summed E-state index contributed by atoms with van der Waals surface area (Å²) in [5.74, 6) is 0.132. The van der Waals surface area contributed by atoms with Crippen molar-refractivity contribution < 1.29 is 4.79 Å². The number of hydrogen-bond acceptors (Lipinski definition) is 5. The maximum absolute atomic E-state index is 12.2. The zero-order valence-electron chi connectivity index (χ0n) is 14.4. The van der Waals surface area contributed by atoms with Gasteiger partial charge >= 0.3 is 0 Å². The third kappa shape index (κ3) is 3.68. The number of pyridine rings is 1. The number of piperazine rings is 1. The van der Waals surface area contributed by atoms with Crippen LogP contribution in [0.25, 0.3) is 10.9 Å². The van der Waals surface area contributed by atoms with Crippen molar-refractivity contribution in [2.75, 3.05) is 51.7 Å². The second kappa shape index (κ2) is 7.26. The minimum atomic E-state index is 0.132. The summed E-state index contributed by atoms with van der Waals surface area (Å²) in [5.41, 5.74) is 2.20. The molecule has 1 aliphatic heterocycles. The molecule has 0 saturated carbocycles. The molecule has 1 aromatic heterocycles. The molecule has 0 atom stereocenters. The highest BCUT2D eigenvalue weighted by Crippen LogP contribution is 2.31. The molecule has 25 heavy (non-hydrogen) atoms. The Morgan fingerprint density at radius 3 is 2.68 bits per heavy atom. The number of likely N-dealkylation sites (N-methyl/N-ethyl adjacent to an activating group) is 1. The Morgan fingerprint density at radius 2 is 2.04 bits per heavy atom. The second-order valence-electron chi connectivity index (χ2n) is 6.40. The summed E-state index contributed by atoms with van der Waals surface area (Å²) in [6, 6.07) is 7.74. The Balaban J connectivity index is 1.87. The summed E-state index contributed by atoms with van der Waals surface area (Å²) < 4.78 is 0. The maximum Gasteiger partial charge on any atom is 0.236 e. The van der Waals surface area contributed by atoms with Crippen LogP contribution in [0.15, 0.2) is 24.4 Å². The number of carbonyl (C=O) groups excluding carboxylic acids is 1.